The van der Waals surface area contributed by atoms with Crippen molar-refractivity contribution in [2.45, 2.75) is 25.3 Å². The van der Waals surface area contributed by atoms with Crippen LogP contribution in [0.4, 0.5) is 19.1 Å². The summed E-state index contributed by atoms with van der Waals surface area (Å²) in [7, 11) is 0. The first-order chi connectivity index (χ1) is 10.9. The molecule has 0 spiro atoms. The molecular weight excluding hydrogens is 307 g/mol. The van der Waals surface area contributed by atoms with Crippen molar-refractivity contribution in [1.82, 2.24) is 9.97 Å². The van der Waals surface area contributed by atoms with E-state index >= 15 is 0 Å². The van der Waals surface area contributed by atoms with Gasteiger partial charge in [0.1, 0.15) is 11.8 Å². The monoisotopic (exact) mass is 323 g/mol. The highest BCUT2D eigenvalue weighted by Gasteiger charge is 2.34. The Labute approximate surface area is 131 Å². The molecule has 1 aliphatic rings. The fraction of sp³-hybridized carbons (Fsp3) is 0.375. The summed E-state index contributed by atoms with van der Waals surface area (Å²) in [6.07, 6.45) is -3.69. The van der Waals surface area contributed by atoms with Gasteiger partial charge in [0.15, 0.2) is 0 Å². The van der Waals surface area contributed by atoms with E-state index in [4.69, 9.17) is 4.74 Å². The normalized spacial score (nSPS) is 22.2. The van der Waals surface area contributed by atoms with E-state index in [9.17, 15) is 13.2 Å². The van der Waals surface area contributed by atoms with E-state index < -0.39 is 11.9 Å². The molecule has 4 nitrogen and oxygen atoms in total. The van der Waals surface area contributed by atoms with E-state index in [0.29, 0.717) is 13.1 Å². The maximum absolute atomic E-state index is 12.8. The lowest BCUT2D eigenvalue weighted by atomic mass is 10.1. The molecule has 0 saturated carbocycles. The molecule has 1 saturated heterocycles. The van der Waals surface area contributed by atoms with Gasteiger partial charge in [-0.15, -0.1) is 0 Å². The second-order valence-electron chi connectivity index (χ2n) is 5.49. The molecular formula is C16H16F3N3O. The van der Waals surface area contributed by atoms with Crippen molar-refractivity contribution >= 4 is 5.95 Å². The Morgan fingerprint density at radius 3 is 2.57 bits per heavy atom. The van der Waals surface area contributed by atoms with Crippen molar-refractivity contribution in [2.24, 2.45) is 0 Å². The largest absolute Gasteiger partial charge is 0.433 e. The van der Waals surface area contributed by atoms with E-state index in [2.05, 4.69) is 9.97 Å². The van der Waals surface area contributed by atoms with Crippen LogP contribution in [0.15, 0.2) is 42.6 Å². The number of aromatic nitrogens is 2. The summed E-state index contributed by atoms with van der Waals surface area (Å²) in [6, 6.07) is 10.5. The molecule has 1 aromatic heterocycles. The van der Waals surface area contributed by atoms with E-state index in [1.807, 2.05) is 37.3 Å². The molecule has 0 aliphatic carbocycles. The highest BCUT2D eigenvalue weighted by atomic mass is 19.4. The lowest BCUT2D eigenvalue weighted by molar-refractivity contribution is -0.141. The molecule has 1 fully saturated rings. The lowest BCUT2D eigenvalue weighted by Gasteiger charge is -2.37. The summed E-state index contributed by atoms with van der Waals surface area (Å²) in [5.74, 6) is 0.0795. The topological polar surface area (TPSA) is 38.2 Å². The molecule has 0 radical (unpaired) electrons. The zero-order valence-corrected chi connectivity index (χ0v) is 12.5. The molecule has 0 bridgehead atoms. The molecule has 1 aromatic carbocycles. The Morgan fingerprint density at radius 2 is 1.87 bits per heavy atom. The molecule has 2 heterocycles. The van der Waals surface area contributed by atoms with Gasteiger partial charge in [-0.05, 0) is 18.6 Å². The fourth-order valence-electron chi connectivity index (χ4n) is 2.63. The third-order valence-electron chi connectivity index (χ3n) is 3.65. The first kappa shape index (κ1) is 15.7. The van der Waals surface area contributed by atoms with Crippen molar-refractivity contribution in [3.63, 3.8) is 0 Å². The number of alkyl halides is 3. The highest BCUT2D eigenvalue weighted by Crippen LogP contribution is 2.30. The number of morpholine rings is 1. The highest BCUT2D eigenvalue weighted by molar-refractivity contribution is 5.34. The molecule has 0 N–H and O–H groups in total. The van der Waals surface area contributed by atoms with Crippen LogP contribution >= 0.6 is 0 Å². The Hall–Kier alpha value is -2.15. The number of hydrogen-bond donors (Lipinski definition) is 0. The van der Waals surface area contributed by atoms with Gasteiger partial charge in [0, 0.05) is 12.7 Å². The van der Waals surface area contributed by atoms with Crippen LogP contribution in [0.1, 0.15) is 24.3 Å². The number of hydrogen-bond acceptors (Lipinski definition) is 4. The van der Waals surface area contributed by atoms with E-state index in [0.717, 1.165) is 17.8 Å². The summed E-state index contributed by atoms with van der Waals surface area (Å²) < 4.78 is 44.4. The van der Waals surface area contributed by atoms with Crippen LogP contribution in [0, 0.1) is 0 Å². The molecule has 0 unspecified atom stereocenters. The van der Waals surface area contributed by atoms with Crippen molar-refractivity contribution in [2.75, 3.05) is 18.0 Å². The summed E-state index contributed by atoms with van der Waals surface area (Å²) in [6.45, 7) is 2.75. The van der Waals surface area contributed by atoms with Gasteiger partial charge in [-0.2, -0.15) is 13.2 Å². The number of nitrogens with zero attached hydrogens (tertiary/aromatic N) is 3. The van der Waals surface area contributed by atoms with Crippen molar-refractivity contribution < 1.29 is 17.9 Å². The second-order valence-corrected chi connectivity index (χ2v) is 5.49. The van der Waals surface area contributed by atoms with Crippen LogP contribution in [-0.4, -0.2) is 29.2 Å². The van der Waals surface area contributed by atoms with Gasteiger partial charge in [-0.25, -0.2) is 9.97 Å². The second kappa shape index (κ2) is 6.16. The van der Waals surface area contributed by atoms with E-state index in [1.165, 1.54) is 0 Å². The van der Waals surface area contributed by atoms with Crippen LogP contribution in [0.2, 0.25) is 0 Å². The predicted octanol–water partition coefficient (Wildman–Crippen LogP) is 3.46. The number of anilines is 1. The maximum Gasteiger partial charge on any atom is 0.433 e. The zero-order valence-electron chi connectivity index (χ0n) is 12.5. The average molecular weight is 323 g/mol. The number of ether oxygens (including phenoxy) is 1. The minimum Gasteiger partial charge on any atom is -0.367 e. The summed E-state index contributed by atoms with van der Waals surface area (Å²) in [5.41, 5.74) is 0.0499. The van der Waals surface area contributed by atoms with Gasteiger partial charge in [0.2, 0.25) is 5.95 Å². The molecule has 1 aliphatic heterocycles. The van der Waals surface area contributed by atoms with E-state index in [-0.39, 0.29) is 18.2 Å². The first-order valence-electron chi connectivity index (χ1n) is 7.29. The standard InChI is InChI=1S/C16H16F3N3O/c1-11-9-22(10-13(23-11)12-5-3-2-4-6-12)15-20-8-7-14(21-15)16(17,18)19/h2-8,11,13H,9-10H2,1H3/t11-,13+/m1/s1. The van der Waals surface area contributed by atoms with Gasteiger partial charge in [-0.3, -0.25) is 0 Å². The Bertz CT molecular complexity index is 663. The molecule has 7 heteroatoms. The Morgan fingerprint density at radius 1 is 1.13 bits per heavy atom. The van der Waals surface area contributed by atoms with Crippen LogP contribution in [0.5, 0.6) is 0 Å². The Balaban J connectivity index is 1.85. The van der Waals surface area contributed by atoms with E-state index in [1.54, 1.807) is 4.90 Å². The number of benzene rings is 1. The summed E-state index contributed by atoms with van der Waals surface area (Å²) in [4.78, 5) is 9.40. The van der Waals surface area contributed by atoms with Gasteiger partial charge >= 0.3 is 6.18 Å². The molecule has 2 atom stereocenters. The fourth-order valence-corrected chi connectivity index (χ4v) is 2.63. The average Bonchev–Trinajstić information content (AvgIpc) is 2.54. The number of halogens is 3. The van der Waals surface area contributed by atoms with Crippen LogP contribution in [0.3, 0.4) is 0 Å². The minimum atomic E-state index is -4.48. The quantitative estimate of drug-likeness (QED) is 0.848. The summed E-state index contributed by atoms with van der Waals surface area (Å²) >= 11 is 0. The molecule has 0 amide bonds. The minimum absolute atomic E-state index is 0.0795. The molecule has 122 valence electrons. The predicted molar refractivity (Wildman–Crippen MR) is 79.0 cm³/mol. The number of rotatable bonds is 2. The summed E-state index contributed by atoms with van der Waals surface area (Å²) in [5, 5.41) is 0. The van der Waals surface area contributed by atoms with Gasteiger partial charge < -0.3 is 9.64 Å². The first-order valence-corrected chi connectivity index (χ1v) is 7.29. The van der Waals surface area contributed by atoms with Crippen LogP contribution < -0.4 is 4.90 Å². The third-order valence-corrected chi connectivity index (χ3v) is 3.65. The lowest BCUT2D eigenvalue weighted by Crippen LogP contribution is -2.43. The maximum atomic E-state index is 12.8. The van der Waals surface area contributed by atoms with Crippen LogP contribution in [-0.2, 0) is 10.9 Å². The zero-order chi connectivity index (χ0) is 16.4. The molecule has 2 aromatic rings. The van der Waals surface area contributed by atoms with Gasteiger partial charge in [0.05, 0.1) is 12.6 Å². The van der Waals surface area contributed by atoms with Gasteiger partial charge in [-0.1, -0.05) is 30.3 Å². The van der Waals surface area contributed by atoms with Crippen LogP contribution in [0.25, 0.3) is 0 Å². The van der Waals surface area contributed by atoms with Crippen molar-refractivity contribution in [1.29, 1.82) is 0 Å². The van der Waals surface area contributed by atoms with Crippen molar-refractivity contribution in [3.05, 3.63) is 53.9 Å². The Kier molecular flexibility index (Phi) is 4.21. The van der Waals surface area contributed by atoms with Crippen molar-refractivity contribution in [3.8, 4) is 0 Å². The third kappa shape index (κ3) is 3.61. The molecule has 3 rings (SSSR count). The smallest absolute Gasteiger partial charge is 0.367 e. The SMILES string of the molecule is C[C@@H]1CN(c2nccc(C(F)(F)F)n2)C[C@@H](c2ccccc2)O1. The van der Waals surface area contributed by atoms with Gasteiger partial charge in [0.25, 0.3) is 0 Å². The molecule has 23 heavy (non-hydrogen) atoms.